The number of alkyl halides is 6. The summed E-state index contributed by atoms with van der Waals surface area (Å²) in [5.41, 5.74) is -0.888. The fraction of sp³-hybridized carbons (Fsp3) is 0.417. The van der Waals surface area contributed by atoms with E-state index in [-0.39, 0.29) is 23.4 Å². The van der Waals surface area contributed by atoms with Crippen molar-refractivity contribution >= 4 is 29.3 Å². The van der Waals surface area contributed by atoms with Gasteiger partial charge in [0.1, 0.15) is 0 Å². The van der Waals surface area contributed by atoms with Crippen LogP contribution in [0.25, 0.3) is 0 Å². The highest BCUT2D eigenvalue weighted by Gasteiger charge is 2.44. The van der Waals surface area contributed by atoms with Gasteiger partial charge in [0, 0.05) is 23.2 Å². The highest BCUT2D eigenvalue weighted by Crippen LogP contribution is 2.38. The van der Waals surface area contributed by atoms with Crippen molar-refractivity contribution in [2.75, 3.05) is 13.1 Å². The maximum atomic E-state index is 12.5. The number of benzene rings is 1. The minimum absolute atomic E-state index is 0.0177. The first-order valence-corrected chi connectivity index (χ1v) is 7.30. The molecule has 2 rings (SSSR count). The largest absolute Gasteiger partial charge is 0.492 e. The molecule has 0 aromatic heterocycles. The van der Waals surface area contributed by atoms with Gasteiger partial charge in [0.2, 0.25) is 0 Å². The average Bonchev–Trinajstić information content (AvgIpc) is 2.35. The van der Waals surface area contributed by atoms with Crippen molar-refractivity contribution < 1.29 is 36.0 Å². The number of thioether (sulfide) groups is 1. The molecule has 0 atom stereocenters. The molecule has 0 N–H and O–H groups in total. The molecule has 128 valence electrons. The zero-order chi connectivity index (χ0) is 17.4. The number of hydrogen-bond acceptors (Lipinski definition) is 4. The van der Waals surface area contributed by atoms with E-state index >= 15 is 0 Å². The summed E-state index contributed by atoms with van der Waals surface area (Å²) in [6, 6.07) is 2.85. The third-order valence-corrected chi connectivity index (χ3v) is 4.48. The Hall–Kier alpha value is -1.13. The van der Waals surface area contributed by atoms with Crippen molar-refractivity contribution in [1.29, 1.82) is 0 Å². The van der Waals surface area contributed by atoms with Crippen LogP contribution in [0.2, 0.25) is 5.02 Å². The SMILES string of the molecule is O=C(ON1CC(Sc2ccc(C(F)(F)F)cc2Cl)C1)C(F)(F)F. The van der Waals surface area contributed by atoms with E-state index in [1.807, 2.05) is 0 Å². The molecule has 0 radical (unpaired) electrons. The normalized spacial score (nSPS) is 17.0. The highest BCUT2D eigenvalue weighted by molar-refractivity contribution is 8.00. The Morgan fingerprint density at radius 3 is 2.30 bits per heavy atom. The Kier molecular flexibility index (Phi) is 5.07. The number of rotatable bonds is 3. The predicted molar refractivity (Wildman–Crippen MR) is 69.8 cm³/mol. The Morgan fingerprint density at radius 2 is 1.83 bits per heavy atom. The van der Waals surface area contributed by atoms with Crippen molar-refractivity contribution in [3.8, 4) is 0 Å². The molecule has 1 aromatic carbocycles. The summed E-state index contributed by atoms with van der Waals surface area (Å²) in [6.07, 6.45) is -9.58. The summed E-state index contributed by atoms with van der Waals surface area (Å²) in [5, 5.41) is 0.478. The monoisotopic (exact) mass is 379 g/mol. The third-order valence-electron chi connectivity index (χ3n) is 2.81. The van der Waals surface area contributed by atoms with Crippen LogP contribution in [0.1, 0.15) is 5.56 Å². The molecule has 3 nitrogen and oxygen atoms in total. The second-order valence-corrected chi connectivity index (χ2v) is 6.36. The van der Waals surface area contributed by atoms with Gasteiger partial charge in [-0.3, -0.25) is 0 Å². The Balaban J connectivity index is 1.88. The Bertz CT molecular complexity index is 600. The maximum Gasteiger partial charge on any atom is 0.492 e. The lowest BCUT2D eigenvalue weighted by Crippen LogP contribution is -2.51. The van der Waals surface area contributed by atoms with E-state index in [4.69, 9.17) is 11.6 Å². The van der Waals surface area contributed by atoms with Gasteiger partial charge < -0.3 is 4.84 Å². The molecule has 0 unspecified atom stereocenters. The summed E-state index contributed by atoms with van der Waals surface area (Å²) in [5.74, 6) is -2.31. The standard InChI is InChI=1S/C12H8ClF6NO2S/c13-8-3-6(11(14,15)16)1-2-9(8)23-7-4-20(5-7)22-10(21)12(17,18)19/h1-3,7H,4-5H2. The van der Waals surface area contributed by atoms with E-state index in [0.717, 1.165) is 29.0 Å². The molecule has 1 aliphatic rings. The maximum absolute atomic E-state index is 12.5. The summed E-state index contributed by atoms with van der Waals surface area (Å²) in [6.45, 7) is 0.0354. The van der Waals surface area contributed by atoms with Crippen LogP contribution in [0.3, 0.4) is 0 Å². The number of nitrogens with zero attached hydrogens (tertiary/aromatic N) is 1. The molecule has 1 fully saturated rings. The van der Waals surface area contributed by atoms with Crippen LogP contribution < -0.4 is 0 Å². The molecule has 0 spiro atoms. The van der Waals surface area contributed by atoms with Gasteiger partial charge in [0.05, 0.1) is 10.6 Å². The van der Waals surface area contributed by atoms with E-state index in [9.17, 15) is 31.1 Å². The van der Waals surface area contributed by atoms with Gasteiger partial charge >= 0.3 is 18.3 Å². The molecule has 1 heterocycles. The van der Waals surface area contributed by atoms with Crippen molar-refractivity contribution in [1.82, 2.24) is 5.06 Å². The lowest BCUT2D eigenvalue weighted by Gasteiger charge is -2.36. The molecular weight excluding hydrogens is 372 g/mol. The Morgan fingerprint density at radius 1 is 1.22 bits per heavy atom. The second-order valence-electron chi connectivity index (χ2n) is 4.61. The van der Waals surface area contributed by atoms with Crippen molar-refractivity contribution in [2.24, 2.45) is 0 Å². The van der Waals surface area contributed by atoms with Gasteiger partial charge in [0.15, 0.2) is 0 Å². The smallest absolute Gasteiger partial charge is 0.361 e. The van der Waals surface area contributed by atoms with E-state index in [2.05, 4.69) is 4.84 Å². The summed E-state index contributed by atoms with van der Waals surface area (Å²) in [7, 11) is 0. The van der Waals surface area contributed by atoms with Crippen molar-refractivity contribution in [3.63, 3.8) is 0 Å². The molecule has 0 saturated carbocycles. The number of carbonyl (C=O) groups is 1. The zero-order valence-corrected chi connectivity index (χ0v) is 12.6. The molecular formula is C12H8ClF6NO2S. The van der Waals surface area contributed by atoms with Crippen LogP contribution in [0.5, 0.6) is 0 Å². The summed E-state index contributed by atoms with van der Waals surface area (Å²) in [4.78, 5) is 15.0. The van der Waals surface area contributed by atoms with Gasteiger partial charge in [-0.25, -0.2) is 4.79 Å². The van der Waals surface area contributed by atoms with E-state index in [0.29, 0.717) is 4.90 Å². The topological polar surface area (TPSA) is 29.5 Å². The van der Waals surface area contributed by atoms with Gasteiger partial charge in [-0.2, -0.15) is 26.3 Å². The van der Waals surface area contributed by atoms with Crippen LogP contribution in [0.4, 0.5) is 26.3 Å². The molecule has 1 saturated heterocycles. The van der Waals surface area contributed by atoms with Gasteiger partial charge in [-0.15, -0.1) is 16.8 Å². The number of hydrogen-bond donors (Lipinski definition) is 0. The minimum Gasteiger partial charge on any atom is -0.361 e. The van der Waals surface area contributed by atoms with E-state index in [1.165, 1.54) is 6.07 Å². The van der Waals surface area contributed by atoms with E-state index in [1.54, 1.807) is 0 Å². The van der Waals surface area contributed by atoms with Crippen LogP contribution >= 0.6 is 23.4 Å². The minimum atomic E-state index is -5.07. The highest BCUT2D eigenvalue weighted by atomic mass is 35.5. The quantitative estimate of drug-likeness (QED) is 0.738. The third kappa shape index (κ3) is 4.67. The van der Waals surface area contributed by atoms with Crippen LogP contribution in [-0.4, -0.2) is 35.5 Å². The first-order valence-electron chi connectivity index (χ1n) is 6.04. The molecule has 23 heavy (non-hydrogen) atoms. The first-order chi connectivity index (χ1) is 10.5. The first kappa shape index (κ1) is 18.2. The van der Waals surface area contributed by atoms with Crippen molar-refractivity contribution in [3.05, 3.63) is 28.8 Å². The predicted octanol–water partition coefficient (Wildman–Crippen LogP) is 4.16. The molecule has 1 aliphatic heterocycles. The zero-order valence-electron chi connectivity index (χ0n) is 11.0. The lowest BCUT2D eigenvalue weighted by molar-refractivity contribution is -0.248. The second kappa shape index (κ2) is 6.40. The van der Waals surface area contributed by atoms with Gasteiger partial charge in [-0.05, 0) is 18.2 Å². The van der Waals surface area contributed by atoms with Crippen molar-refractivity contribution in [2.45, 2.75) is 22.5 Å². The van der Waals surface area contributed by atoms with Gasteiger partial charge in [-0.1, -0.05) is 11.6 Å². The molecule has 0 bridgehead atoms. The van der Waals surface area contributed by atoms with Crippen LogP contribution in [0.15, 0.2) is 23.1 Å². The molecule has 0 aliphatic carbocycles. The fourth-order valence-corrected chi connectivity index (χ4v) is 3.14. The van der Waals surface area contributed by atoms with E-state index < -0.39 is 23.9 Å². The van der Waals surface area contributed by atoms with Crippen LogP contribution in [0, 0.1) is 0 Å². The molecule has 1 aromatic rings. The number of hydroxylamine groups is 2. The van der Waals surface area contributed by atoms with Gasteiger partial charge in [0.25, 0.3) is 0 Å². The Labute approximate surface area is 135 Å². The van der Waals surface area contributed by atoms with Crippen LogP contribution in [-0.2, 0) is 15.8 Å². The number of carbonyl (C=O) groups excluding carboxylic acids is 1. The number of halogens is 7. The summed E-state index contributed by atoms with van der Waals surface area (Å²) < 4.78 is 73.4. The average molecular weight is 380 g/mol. The molecule has 11 heteroatoms. The lowest BCUT2D eigenvalue weighted by atomic mass is 10.2. The molecule has 0 amide bonds. The summed E-state index contributed by atoms with van der Waals surface area (Å²) >= 11 is 6.87. The fourth-order valence-electron chi connectivity index (χ4n) is 1.67.